The maximum absolute atomic E-state index is 14.0. The number of benzene rings is 2. The molecule has 0 atom stereocenters. The first kappa shape index (κ1) is 20.3. The van der Waals surface area contributed by atoms with Gasteiger partial charge >= 0.3 is 0 Å². The fourth-order valence-corrected chi connectivity index (χ4v) is 3.50. The van der Waals surface area contributed by atoms with Crippen LogP contribution < -0.4 is 10.2 Å². The third kappa shape index (κ3) is 4.22. The number of nitrogens with one attached hydrogen (secondary N) is 1. The molecule has 0 saturated heterocycles. The average molecular weight is 444 g/mol. The van der Waals surface area contributed by atoms with E-state index in [1.54, 1.807) is 31.1 Å². The summed E-state index contributed by atoms with van der Waals surface area (Å²) in [5.41, 5.74) is 0.720. The quantitative estimate of drug-likeness (QED) is 0.770. The molecule has 1 N–H and O–H groups in total. The fourth-order valence-electron chi connectivity index (χ4n) is 2.24. The van der Waals surface area contributed by atoms with Crippen molar-refractivity contribution < 1.29 is 17.6 Å². The van der Waals surface area contributed by atoms with E-state index in [2.05, 4.69) is 21.2 Å². The number of carbonyl (C=O) groups excluding carboxylic acids is 1. The van der Waals surface area contributed by atoms with Gasteiger partial charge in [-0.15, -0.1) is 0 Å². The molecule has 0 aromatic heterocycles. The lowest BCUT2D eigenvalue weighted by atomic mass is 10.2. The monoisotopic (exact) mass is 443 g/mol. The Morgan fingerprint density at radius 2 is 1.73 bits per heavy atom. The molecule has 0 heterocycles. The standard InChI is InChI=1S/C17H19BrFN3O3S/c1-21(2)16-8-6-12(26(24,25)22(3)4)10-15(16)20-17(23)13-7-5-11(18)9-14(13)19/h5-10H,1-4H3,(H,20,23). The number of rotatable bonds is 5. The van der Waals surface area contributed by atoms with Gasteiger partial charge in [0.1, 0.15) is 5.82 Å². The first-order chi connectivity index (χ1) is 12.0. The summed E-state index contributed by atoms with van der Waals surface area (Å²) >= 11 is 3.14. The van der Waals surface area contributed by atoms with Crippen molar-refractivity contribution in [3.8, 4) is 0 Å². The summed E-state index contributed by atoms with van der Waals surface area (Å²) in [5, 5.41) is 2.60. The molecule has 0 aliphatic heterocycles. The van der Waals surface area contributed by atoms with Crippen molar-refractivity contribution in [2.24, 2.45) is 0 Å². The average Bonchev–Trinajstić information content (AvgIpc) is 2.54. The molecule has 26 heavy (non-hydrogen) atoms. The Kier molecular flexibility index (Phi) is 6.05. The van der Waals surface area contributed by atoms with Crippen molar-refractivity contribution in [1.29, 1.82) is 0 Å². The second kappa shape index (κ2) is 7.73. The van der Waals surface area contributed by atoms with Gasteiger partial charge in [-0.25, -0.2) is 17.1 Å². The SMILES string of the molecule is CN(C)c1ccc(S(=O)(=O)N(C)C)cc1NC(=O)c1ccc(Br)cc1F. The molecule has 9 heteroatoms. The fraction of sp³-hybridized carbons (Fsp3) is 0.235. The molecule has 0 bridgehead atoms. The van der Waals surface area contributed by atoms with E-state index in [1.807, 2.05) is 0 Å². The molecule has 6 nitrogen and oxygen atoms in total. The van der Waals surface area contributed by atoms with E-state index >= 15 is 0 Å². The van der Waals surface area contributed by atoms with Gasteiger partial charge in [-0.2, -0.15) is 0 Å². The zero-order chi connectivity index (χ0) is 19.6. The Morgan fingerprint density at radius 3 is 2.27 bits per heavy atom. The van der Waals surface area contributed by atoms with E-state index in [0.717, 1.165) is 4.31 Å². The number of hydrogen-bond acceptors (Lipinski definition) is 4. The van der Waals surface area contributed by atoms with Crippen LogP contribution in [0.2, 0.25) is 0 Å². The largest absolute Gasteiger partial charge is 0.376 e. The number of amides is 1. The van der Waals surface area contributed by atoms with Crippen molar-refractivity contribution >= 4 is 43.2 Å². The second-order valence-corrected chi connectivity index (χ2v) is 9.01. The topological polar surface area (TPSA) is 69.7 Å². The summed E-state index contributed by atoms with van der Waals surface area (Å²) in [5.74, 6) is -1.35. The Hall–Kier alpha value is -1.97. The van der Waals surface area contributed by atoms with Crippen molar-refractivity contribution in [3.63, 3.8) is 0 Å². The maximum Gasteiger partial charge on any atom is 0.258 e. The molecule has 2 rings (SSSR count). The normalized spacial score (nSPS) is 11.5. The van der Waals surface area contributed by atoms with Gasteiger partial charge < -0.3 is 10.2 Å². The van der Waals surface area contributed by atoms with Crippen LogP contribution >= 0.6 is 15.9 Å². The van der Waals surface area contributed by atoms with Crippen LogP contribution in [0, 0.1) is 5.82 Å². The van der Waals surface area contributed by atoms with Gasteiger partial charge in [0.15, 0.2) is 0 Å². The van der Waals surface area contributed by atoms with E-state index in [4.69, 9.17) is 0 Å². The first-order valence-corrected chi connectivity index (χ1v) is 9.77. The zero-order valence-electron chi connectivity index (χ0n) is 14.7. The van der Waals surface area contributed by atoms with Gasteiger partial charge in [-0.3, -0.25) is 4.79 Å². The summed E-state index contributed by atoms with van der Waals surface area (Å²) in [6, 6.07) is 8.50. The van der Waals surface area contributed by atoms with Crippen molar-refractivity contribution in [2.45, 2.75) is 4.90 Å². The highest BCUT2D eigenvalue weighted by Gasteiger charge is 2.21. The van der Waals surface area contributed by atoms with Crippen molar-refractivity contribution in [1.82, 2.24) is 4.31 Å². The van der Waals surface area contributed by atoms with E-state index in [-0.39, 0.29) is 16.1 Å². The van der Waals surface area contributed by atoms with E-state index < -0.39 is 21.7 Å². The molecular weight excluding hydrogens is 425 g/mol. The summed E-state index contributed by atoms with van der Waals surface area (Å²) in [4.78, 5) is 14.2. The molecule has 0 aliphatic rings. The molecule has 1 amide bonds. The highest BCUT2D eigenvalue weighted by atomic mass is 79.9. The van der Waals surface area contributed by atoms with E-state index in [1.165, 1.54) is 38.4 Å². The molecule has 2 aromatic carbocycles. The second-order valence-electron chi connectivity index (χ2n) is 5.94. The molecule has 0 spiro atoms. The van der Waals surface area contributed by atoms with Gasteiger partial charge in [-0.1, -0.05) is 15.9 Å². The van der Waals surface area contributed by atoms with E-state index in [0.29, 0.717) is 10.2 Å². The molecule has 0 fully saturated rings. The number of anilines is 2. The highest BCUT2D eigenvalue weighted by molar-refractivity contribution is 9.10. The lowest BCUT2D eigenvalue weighted by molar-refractivity contribution is 0.102. The minimum Gasteiger partial charge on any atom is -0.376 e. The van der Waals surface area contributed by atoms with Gasteiger partial charge in [0, 0.05) is 32.7 Å². The van der Waals surface area contributed by atoms with Gasteiger partial charge in [-0.05, 0) is 36.4 Å². The van der Waals surface area contributed by atoms with Crippen LogP contribution in [0.5, 0.6) is 0 Å². The summed E-state index contributed by atoms with van der Waals surface area (Å²) < 4.78 is 40.3. The number of carbonyl (C=O) groups is 1. The number of sulfonamides is 1. The molecule has 0 radical (unpaired) electrons. The third-order valence-electron chi connectivity index (χ3n) is 3.65. The van der Waals surface area contributed by atoms with Crippen molar-refractivity contribution in [3.05, 3.63) is 52.3 Å². The Bertz CT molecular complexity index is 946. The molecule has 2 aromatic rings. The Morgan fingerprint density at radius 1 is 1.08 bits per heavy atom. The van der Waals surface area contributed by atoms with Crippen LogP contribution in [-0.4, -0.2) is 46.8 Å². The Balaban J connectivity index is 2.48. The van der Waals surface area contributed by atoms with Crippen LogP contribution in [0.3, 0.4) is 0 Å². The van der Waals surface area contributed by atoms with Crippen LogP contribution in [0.1, 0.15) is 10.4 Å². The van der Waals surface area contributed by atoms with Crippen molar-refractivity contribution in [2.75, 3.05) is 38.4 Å². The summed E-state index contributed by atoms with van der Waals surface area (Å²) in [6.07, 6.45) is 0. The van der Waals surface area contributed by atoms with Crippen LogP contribution in [0.4, 0.5) is 15.8 Å². The summed E-state index contributed by atoms with van der Waals surface area (Å²) in [6.45, 7) is 0. The zero-order valence-corrected chi connectivity index (χ0v) is 17.1. The molecular formula is C17H19BrFN3O3S. The van der Waals surface area contributed by atoms with Crippen LogP contribution in [0.15, 0.2) is 45.8 Å². The minimum atomic E-state index is -3.67. The molecule has 0 saturated carbocycles. The Labute approximate surface area is 160 Å². The van der Waals surface area contributed by atoms with Gasteiger partial charge in [0.05, 0.1) is 21.8 Å². The smallest absolute Gasteiger partial charge is 0.258 e. The molecule has 0 aliphatic carbocycles. The minimum absolute atomic E-state index is 0.0275. The van der Waals surface area contributed by atoms with Gasteiger partial charge in [0.25, 0.3) is 5.91 Å². The molecule has 0 unspecified atom stereocenters. The van der Waals surface area contributed by atoms with E-state index in [9.17, 15) is 17.6 Å². The number of halogens is 2. The maximum atomic E-state index is 14.0. The summed E-state index contributed by atoms with van der Waals surface area (Å²) in [7, 11) is 2.68. The predicted octanol–water partition coefficient (Wildman–Crippen LogP) is 3.16. The molecule has 140 valence electrons. The lowest BCUT2D eigenvalue weighted by Crippen LogP contribution is -2.23. The third-order valence-corrected chi connectivity index (χ3v) is 5.96. The van der Waals surface area contributed by atoms with Crippen LogP contribution in [0.25, 0.3) is 0 Å². The predicted molar refractivity (Wildman–Crippen MR) is 104 cm³/mol. The number of nitrogens with zero attached hydrogens (tertiary/aromatic N) is 2. The number of hydrogen-bond donors (Lipinski definition) is 1. The lowest BCUT2D eigenvalue weighted by Gasteiger charge is -2.20. The van der Waals surface area contributed by atoms with Crippen LogP contribution in [-0.2, 0) is 10.0 Å². The first-order valence-electron chi connectivity index (χ1n) is 7.54. The van der Waals surface area contributed by atoms with Gasteiger partial charge in [0.2, 0.25) is 10.0 Å². The highest BCUT2D eigenvalue weighted by Crippen LogP contribution is 2.29.